The molecule has 186 valence electrons. The van der Waals surface area contributed by atoms with Crippen LogP contribution in [-0.2, 0) is 33.2 Å². The standard InChI is InChI=1S/C27H31NO7/c1-26(2)30-16-19(33-26)22-23(24-25(32-22)35-27(3,4)34-24)31-20(29)15-28-21(17-11-7-5-8-12-17)18-13-9-6-10-14-18/h5-14,19,22-25H,15-16H2,1-4H3/t19-,22-,23+,24-,25-/m1/s1. The predicted octanol–water partition coefficient (Wildman–Crippen LogP) is 3.46. The van der Waals surface area contributed by atoms with Crippen molar-refractivity contribution in [3.63, 3.8) is 0 Å². The number of hydrogen-bond donors (Lipinski definition) is 0. The van der Waals surface area contributed by atoms with Gasteiger partial charge in [-0.25, -0.2) is 0 Å². The van der Waals surface area contributed by atoms with Crippen LogP contribution in [0.2, 0.25) is 0 Å². The fourth-order valence-corrected chi connectivity index (χ4v) is 4.69. The lowest BCUT2D eigenvalue weighted by molar-refractivity contribution is -0.235. The molecule has 3 saturated heterocycles. The quantitative estimate of drug-likeness (QED) is 0.461. The van der Waals surface area contributed by atoms with Crippen LogP contribution >= 0.6 is 0 Å². The zero-order chi connectivity index (χ0) is 24.6. The molecule has 3 aliphatic heterocycles. The van der Waals surface area contributed by atoms with Crippen LogP contribution in [0.25, 0.3) is 0 Å². The van der Waals surface area contributed by atoms with Gasteiger partial charge in [0.2, 0.25) is 0 Å². The van der Waals surface area contributed by atoms with Crippen LogP contribution in [0.1, 0.15) is 38.8 Å². The number of hydrogen-bond acceptors (Lipinski definition) is 8. The van der Waals surface area contributed by atoms with E-state index in [1.807, 2.05) is 74.5 Å². The predicted molar refractivity (Wildman–Crippen MR) is 127 cm³/mol. The largest absolute Gasteiger partial charge is 0.455 e. The molecule has 3 aliphatic rings. The Bertz CT molecular complexity index is 1030. The molecule has 3 fully saturated rings. The van der Waals surface area contributed by atoms with Crippen molar-refractivity contribution in [2.45, 2.75) is 70.0 Å². The summed E-state index contributed by atoms with van der Waals surface area (Å²) in [5, 5.41) is 0. The molecule has 0 unspecified atom stereocenters. The van der Waals surface area contributed by atoms with Crippen LogP contribution < -0.4 is 0 Å². The van der Waals surface area contributed by atoms with Crippen molar-refractivity contribution >= 4 is 11.7 Å². The third-order valence-electron chi connectivity index (χ3n) is 6.15. The first kappa shape index (κ1) is 24.1. The summed E-state index contributed by atoms with van der Waals surface area (Å²) < 4.78 is 35.7. The van der Waals surface area contributed by atoms with Crippen LogP contribution in [0.15, 0.2) is 65.7 Å². The summed E-state index contributed by atoms with van der Waals surface area (Å²) in [5.41, 5.74) is 2.56. The highest BCUT2D eigenvalue weighted by atomic mass is 16.8. The van der Waals surface area contributed by atoms with Gasteiger partial charge < -0.3 is 28.4 Å². The molecule has 5 atom stereocenters. The molecule has 3 heterocycles. The van der Waals surface area contributed by atoms with Gasteiger partial charge in [-0.15, -0.1) is 0 Å². The highest BCUT2D eigenvalue weighted by Gasteiger charge is 2.60. The Morgan fingerprint density at radius 2 is 1.51 bits per heavy atom. The van der Waals surface area contributed by atoms with Crippen LogP contribution in [0.4, 0.5) is 0 Å². The highest BCUT2D eigenvalue weighted by Crippen LogP contribution is 2.42. The van der Waals surface area contributed by atoms with Gasteiger partial charge in [-0.3, -0.25) is 9.79 Å². The zero-order valence-corrected chi connectivity index (χ0v) is 20.4. The number of rotatable bonds is 6. The molecule has 2 aromatic rings. The second-order valence-corrected chi connectivity index (χ2v) is 9.79. The van der Waals surface area contributed by atoms with Crippen molar-refractivity contribution in [2.75, 3.05) is 13.2 Å². The molecule has 0 radical (unpaired) electrons. The Balaban J connectivity index is 1.35. The average molecular weight is 482 g/mol. The monoisotopic (exact) mass is 481 g/mol. The zero-order valence-electron chi connectivity index (χ0n) is 20.4. The first-order valence-corrected chi connectivity index (χ1v) is 11.9. The van der Waals surface area contributed by atoms with Gasteiger partial charge in [0.1, 0.15) is 18.8 Å². The van der Waals surface area contributed by atoms with Gasteiger partial charge in [-0.05, 0) is 27.7 Å². The Kier molecular flexibility index (Phi) is 6.50. The van der Waals surface area contributed by atoms with Crippen molar-refractivity contribution < 1.29 is 33.2 Å². The van der Waals surface area contributed by atoms with Crippen molar-refractivity contribution in [3.8, 4) is 0 Å². The van der Waals surface area contributed by atoms with E-state index in [1.54, 1.807) is 13.8 Å². The molecular weight excluding hydrogens is 450 g/mol. The Morgan fingerprint density at radius 3 is 2.09 bits per heavy atom. The molecule has 5 rings (SSSR count). The molecule has 0 amide bonds. The van der Waals surface area contributed by atoms with Crippen LogP contribution in [0, 0.1) is 0 Å². The van der Waals surface area contributed by atoms with E-state index in [-0.39, 0.29) is 6.54 Å². The summed E-state index contributed by atoms with van der Waals surface area (Å²) in [6, 6.07) is 19.5. The second kappa shape index (κ2) is 9.44. The molecule has 0 spiro atoms. The van der Waals surface area contributed by atoms with Gasteiger partial charge in [0.25, 0.3) is 0 Å². The third-order valence-corrected chi connectivity index (χ3v) is 6.15. The number of carbonyl (C=O) groups excluding carboxylic acids is 1. The summed E-state index contributed by atoms with van der Waals surface area (Å²) in [5.74, 6) is -2.07. The lowest BCUT2D eigenvalue weighted by Gasteiger charge is -2.28. The number of esters is 1. The van der Waals surface area contributed by atoms with Gasteiger partial charge in [-0.1, -0.05) is 60.7 Å². The molecule has 2 aromatic carbocycles. The Morgan fingerprint density at radius 1 is 0.886 bits per heavy atom. The summed E-state index contributed by atoms with van der Waals surface area (Å²) in [7, 11) is 0. The molecule has 8 heteroatoms. The fourth-order valence-electron chi connectivity index (χ4n) is 4.69. The van der Waals surface area contributed by atoms with Crippen molar-refractivity contribution in [3.05, 3.63) is 71.8 Å². The normalized spacial score (nSPS) is 30.6. The fraction of sp³-hybridized carbons (Fsp3) is 0.481. The third kappa shape index (κ3) is 5.32. The van der Waals surface area contributed by atoms with E-state index in [2.05, 4.69) is 4.99 Å². The summed E-state index contributed by atoms with van der Waals surface area (Å²) in [6.45, 7) is 7.44. The molecule has 0 bridgehead atoms. The molecule has 0 N–H and O–H groups in total. The highest BCUT2D eigenvalue weighted by molar-refractivity contribution is 6.13. The maximum Gasteiger partial charge on any atom is 0.328 e. The molecule has 0 aliphatic carbocycles. The van der Waals surface area contributed by atoms with E-state index >= 15 is 0 Å². The topological polar surface area (TPSA) is 84.8 Å². The lowest BCUT2D eigenvalue weighted by atomic mass is 10.0. The number of benzene rings is 2. The Labute approximate surface area is 205 Å². The SMILES string of the molecule is CC1(C)O[C@H]2O[C@H]([C@H]3COC(C)(C)O3)[C@H](OC(=O)CN=C(c3ccccc3)c3ccccc3)[C@H]2O1. The number of nitrogens with zero attached hydrogens (tertiary/aromatic N) is 1. The van der Waals surface area contributed by atoms with E-state index in [0.717, 1.165) is 16.8 Å². The van der Waals surface area contributed by atoms with Crippen LogP contribution in [0.5, 0.6) is 0 Å². The minimum atomic E-state index is -0.844. The van der Waals surface area contributed by atoms with Gasteiger partial charge in [0.15, 0.2) is 30.1 Å². The minimum Gasteiger partial charge on any atom is -0.455 e. The van der Waals surface area contributed by atoms with Gasteiger partial charge in [-0.2, -0.15) is 0 Å². The summed E-state index contributed by atoms with van der Waals surface area (Å²) in [4.78, 5) is 17.7. The van der Waals surface area contributed by atoms with Gasteiger partial charge >= 0.3 is 5.97 Å². The number of ether oxygens (including phenoxy) is 6. The van der Waals surface area contributed by atoms with Crippen molar-refractivity contribution in [1.29, 1.82) is 0 Å². The lowest BCUT2D eigenvalue weighted by Crippen LogP contribution is -2.45. The number of carbonyl (C=O) groups is 1. The van der Waals surface area contributed by atoms with Crippen LogP contribution in [0.3, 0.4) is 0 Å². The molecular formula is C27H31NO7. The second-order valence-electron chi connectivity index (χ2n) is 9.79. The van der Waals surface area contributed by atoms with Gasteiger partial charge in [0, 0.05) is 11.1 Å². The maximum atomic E-state index is 13.1. The number of aliphatic imine (C=N–C) groups is 1. The van der Waals surface area contributed by atoms with Crippen molar-refractivity contribution in [1.82, 2.24) is 0 Å². The van der Waals surface area contributed by atoms with E-state index in [0.29, 0.717) is 6.61 Å². The molecule has 0 saturated carbocycles. The van der Waals surface area contributed by atoms with E-state index in [1.165, 1.54) is 0 Å². The van der Waals surface area contributed by atoms with E-state index in [4.69, 9.17) is 28.4 Å². The van der Waals surface area contributed by atoms with Crippen LogP contribution in [-0.4, -0.2) is 67.1 Å². The smallest absolute Gasteiger partial charge is 0.328 e. The minimum absolute atomic E-state index is 0.155. The van der Waals surface area contributed by atoms with E-state index in [9.17, 15) is 4.79 Å². The molecule has 0 aromatic heterocycles. The number of fused-ring (bicyclic) bond motifs is 1. The van der Waals surface area contributed by atoms with Crippen molar-refractivity contribution in [2.24, 2.45) is 4.99 Å². The summed E-state index contributed by atoms with van der Waals surface area (Å²) >= 11 is 0. The van der Waals surface area contributed by atoms with E-state index < -0.39 is 48.2 Å². The Hall–Kier alpha value is -2.62. The maximum absolute atomic E-state index is 13.1. The molecule has 8 nitrogen and oxygen atoms in total. The van der Waals surface area contributed by atoms with Gasteiger partial charge in [0.05, 0.1) is 12.3 Å². The first-order valence-electron chi connectivity index (χ1n) is 11.9. The molecule has 35 heavy (non-hydrogen) atoms. The average Bonchev–Trinajstić information content (AvgIpc) is 3.44. The first-order chi connectivity index (χ1) is 16.7. The summed E-state index contributed by atoms with van der Waals surface area (Å²) in [6.07, 6.45) is -2.95.